The van der Waals surface area contributed by atoms with E-state index in [9.17, 15) is 46.3 Å². The number of carbonyl (C=O) groups is 3. The van der Waals surface area contributed by atoms with Gasteiger partial charge < -0.3 is 49.3 Å². The molecule has 15 rings (SSSR count). The van der Waals surface area contributed by atoms with E-state index in [-0.39, 0.29) is 123 Å². The number of piperazine rings is 3. The summed E-state index contributed by atoms with van der Waals surface area (Å²) in [4.78, 5) is 105. The van der Waals surface area contributed by atoms with Crippen molar-refractivity contribution in [1.82, 2.24) is 43.4 Å². The van der Waals surface area contributed by atoms with Gasteiger partial charge in [-0.2, -0.15) is 15.0 Å². The molecule has 3 unspecified atom stereocenters. The van der Waals surface area contributed by atoms with E-state index in [4.69, 9.17) is 66.3 Å². The highest BCUT2D eigenvalue weighted by molar-refractivity contribution is 8.00. The molecule has 6 aliphatic rings. The topological polar surface area (TPSA) is 229 Å². The number of anilines is 3. The Hall–Kier alpha value is -8.53. The molecule has 0 bridgehead atoms. The summed E-state index contributed by atoms with van der Waals surface area (Å²) < 4.78 is 94.0. The number of ether oxygens (including phenoxy) is 3. The fraction of sp³-hybridized carbons (Fsp3) is 0.407. The van der Waals surface area contributed by atoms with Crippen LogP contribution in [0.2, 0.25) is 20.1 Å². The summed E-state index contributed by atoms with van der Waals surface area (Å²) in [5, 5.41) is 3.02. The first-order chi connectivity index (χ1) is 57.4. The van der Waals surface area contributed by atoms with Gasteiger partial charge in [0.15, 0.2) is 11.6 Å². The van der Waals surface area contributed by atoms with Crippen LogP contribution in [-0.4, -0.2) is 199 Å². The minimum atomic E-state index is -1.08. The van der Waals surface area contributed by atoms with Crippen LogP contribution < -0.4 is 37.5 Å². The van der Waals surface area contributed by atoms with Crippen molar-refractivity contribution in [2.45, 2.75) is 157 Å². The number of rotatable bonds is 18. The first-order valence-electron chi connectivity index (χ1n) is 39.6. The first kappa shape index (κ1) is 89.2. The fourth-order valence-corrected chi connectivity index (χ4v) is 22.2. The summed E-state index contributed by atoms with van der Waals surface area (Å²) in [6.45, 7) is 32.1. The van der Waals surface area contributed by atoms with Gasteiger partial charge in [-0.3, -0.25) is 28.1 Å². The van der Waals surface area contributed by atoms with E-state index >= 15 is 4.39 Å². The Morgan fingerprint density at radius 2 is 0.775 bits per heavy atom. The summed E-state index contributed by atoms with van der Waals surface area (Å²) >= 11 is 31.6. The Kier molecular flexibility index (Phi) is 28.3. The monoisotopic (exact) mass is 1780 g/mol. The molecule has 3 aromatic heterocycles. The largest absolute Gasteiger partial charge is 0.375 e. The van der Waals surface area contributed by atoms with Crippen LogP contribution in [0.1, 0.15) is 68.2 Å². The van der Waals surface area contributed by atoms with Crippen molar-refractivity contribution in [3.63, 3.8) is 0 Å². The van der Waals surface area contributed by atoms with Crippen LogP contribution >= 0.6 is 81.7 Å². The predicted molar refractivity (Wildman–Crippen MR) is 470 cm³/mol. The molecule has 9 aromatic rings. The molecule has 6 aromatic carbocycles. The number of thioether (sulfide) groups is 3. The maximum absolute atomic E-state index is 15.1. The van der Waals surface area contributed by atoms with Crippen LogP contribution in [0.5, 0.6) is 0 Å². The second-order valence-corrected chi connectivity index (χ2v) is 35.3. The van der Waals surface area contributed by atoms with Crippen molar-refractivity contribution in [2.24, 2.45) is 5.73 Å². The molecular formula is C86H92Cl4F5N13O9S3. The summed E-state index contributed by atoms with van der Waals surface area (Å²) in [6, 6.07) is 15.9. The Morgan fingerprint density at radius 3 is 1.12 bits per heavy atom. The van der Waals surface area contributed by atoms with Gasteiger partial charge in [-0.1, -0.05) is 92.1 Å². The van der Waals surface area contributed by atoms with E-state index in [1.165, 1.54) is 70.6 Å². The minimum absolute atomic E-state index is 0.0176. The van der Waals surface area contributed by atoms with E-state index in [0.717, 1.165) is 58.0 Å². The smallest absolute Gasteiger partial charge is 0.350 e. The lowest BCUT2D eigenvalue weighted by Gasteiger charge is -2.44. The SMILES string of the molecule is C=CC(=O)N1[C@H](C)CN(c2nc(=O)n3c4c(c(-c5cc(F)c(F)cc5Cl)c(Cl)cc24)SCC(OCCN)C3)C[C@@H]1C.C=CC(=O)N1[C@H](C)CN(c2nc(=O)n3c4c(c(-c5ccc(F)cc5)c(Cl)cc24)SCC(OCCC)C3)C[C@@H]1C.C=CC(=O)N1[C@H](C)CN(c2nc(=O)n3c4c(c(-c5ccc(F)cc5F)c(Cl)cc24)SCC(OCCC)C3)C[C@@H]1C. The van der Waals surface area contributed by atoms with Gasteiger partial charge in [-0.05, 0) is 133 Å². The summed E-state index contributed by atoms with van der Waals surface area (Å²) in [7, 11) is 0. The standard InChI is InChI=1S/C29H31ClF2N4O3S.C29H32ClFN4O3S.C28H29Cl2F2N5O3S/c1-5-9-39-19-14-35-26-21(11-22(30)25(27(26)40-15-19)20-8-7-18(31)10-23(20)32)28(33-29(35)38)34-12-16(3)36(17(4)13-34)24(37)6-2;1-5-11-38-21-15-34-26-22(12-23(30)25(27(26)39-16-21)19-7-9-20(31)10-8-19)28(32-29(34)37)33-13-17(3)35(18(4)14-33)24(36)6-2;1-4-23(38)37-14(2)10-35(11-15(37)3)27-18-7-20(30)24(17-8-21(31)22(32)9-19(17)29)26-25(18)36(28(39)34-27)12-16(13-41-26)40-6-5-33/h6-8,10-11,16-17,19H,2,5,9,12-15H2,1,3-4H3;6-10,12,17-18,21H,2,5,11,13-16H2,1,3-4H3;4,7-9,14-16H,1,5-6,10-13,33H2,2-3H3/t16-,17+,19?;17-,18+,21?;14-,15+,16?. The van der Waals surface area contributed by atoms with Crippen LogP contribution in [-0.2, 0) is 48.2 Å². The zero-order chi connectivity index (χ0) is 86.1. The maximum Gasteiger partial charge on any atom is 0.350 e. The van der Waals surface area contributed by atoms with Crippen molar-refractivity contribution >= 4 is 150 Å². The van der Waals surface area contributed by atoms with Crippen LogP contribution in [0, 0.1) is 29.1 Å². The second-order valence-electron chi connectivity index (χ2n) is 30.6. The molecule has 0 aliphatic carbocycles. The highest BCUT2D eigenvalue weighted by Crippen LogP contribution is 2.51. The number of amides is 3. The minimum Gasteiger partial charge on any atom is -0.375 e. The summed E-state index contributed by atoms with van der Waals surface area (Å²) in [5.74, 6) is -1.30. The predicted octanol–water partition coefficient (Wildman–Crippen LogP) is 15.6. The third-order valence-electron chi connectivity index (χ3n) is 22.0. The number of benzene rings is 6. The van der Waals surface area contributed by atoms with E-state index in [0.29, 0.717) is 155 Å². The molecule has 636 valence electrons. The molecule has 0 spiro atoms. The van der Waals surface area contributed by atoms with Gasteiger partial charge in [0, 0.05) is 177 Å². The number of nitrogens with two attached hydrogens (primary N) is 1. The number of hydrogen-bond acceptors (Lipinski definition) is 19. The van der Waals surface area contributed by atoms with Crippen molar-refractivity contribution in [2.75, 3.05) is 97.6 Å². The lowest BCUT2D eigenvalue weighted by atomic mass is 10.0. The number of aromatic nitrogens is 6. The average Bonchev–Trinajstić information content (AvgIpc) is 1.23. The van der Waals surface area contributed by atoms with Crippen LogP contribution in [0.15, 0.2) is 140 Å². The zero-order valence-corrected chi connectivity index (χ0v) is 72.9. The average molecular weight is 1780 g/mol. The molecule has 2 N–H and O–H groups in total. The quantitative estimate of drug-likeness (QED) is 0.0478. The second kappa shape index (κ2) is 38.1. The molecule has 34 heteroatoms. The molecule has 3 saturated heterocycles. The first-order valence-corrected chi connectivity index (χ1v) is 44.1. The van der Waals surface area contributed by atoms with E-state index in [2.05, 4.69) is 46.5 Å². The highest BCUT2D eigenvalue weighted by atomic mass is 35.5. The van der Waals surface area contributed by atoms with Gasteiger partial charge in [0.1, 0.15) is 34.9 Å². The van der Waals surface area contributed by atoms with E-state index in [1.807, 2.05) is 69.2 Å². The number of halogens is 9. The van der Waals surface area contributed by atoms with Gasteiger partial charge in [0.25, 0.3) is 0 Å². The van der Waals surface area contributed by atoms with Crippen LogP contribution in [0.3, 0.4) is 0 Å². The number of nitrogens with zero attached hydrogens (tertiary/aromatic N) is 12. The molecule has 3 fully saturated rings. The summed E-state index contributed by atoms with van der Waals surface area (Å²) in [6.07, 6.45) is 4.82. The molecule has 9 heterocycles. The molecule has 6 aliphatic heterocycles. The third kappa shape index (κ3) is 18.0. The van der Waals surface area contributed by atoms with Gasteiger partial charge in [-0.25, -0.2) is 36.3 Å². The van der Waals surface area contributed by atoms with Crippen molar-refractivity contribution in [1.29, 1.82) is 0 Å². The van der Waals surface area contributed by atoms with Crippen LogP contribution in [0.4, 0.5) is 39.4 Å². The molecule has 22 nitrogen and oxygen atoms in total. The Morgan fingerprint density at radius 1 is 0.442 bits per heavy atom. The highest BCUT2D eigenvalue weighted by Gasteiger charge is 2.40. The summed E-state index contributed by atoms with van der Waals surface area (Å²) in [5.41, 5.74) is 8.94. The lowest BCUT2D eigenvalue weighted by molar-refractivity contribution is -0.131. The number of carbonyl (C=O) groups excluding carboxylic acids is 3. The van der Waals surface area contributed by atoms with E-state index in [1.54, 1.807) is 55.0 Å². The zero-order valence-electron chi connectivity index (χ0n) is 67.5. The lowest BCUT2D eigenvalue weighted by Crippen LogP contribution is -2.58. The van der Waals surface area contributed by atoms with Gasteiger partial charge in [0.2, 0.25) is 17.7 Å². The maximum atomic E-state index is 15.1. The fourth-order valence-electron chi connectivity index (χ4n) is 17.0. The molecule has 0 saturated carbocycles. The molecule has 9 atom stereocenters. The molecule has 3 amide bonds. The van der Waals surface area contributed by atoms with Crippen molar-refractivity contribution in [3.05, 3.63) is 191 Å². The number of hydrogen-bond donors (Lipinski definition) is 1. The Bertz CT molecular complexity index is 5680. The van der Waals surface area contributed by atoms with Crippen molar-refractivity contribution < 1.29 is 50.5 Å². The van der Waals surface area contributed by atoms with E-state index < -0.39 is 34.6 Å². The van der Waals surface area contributed by atoms with Gasteiger partial charge in [-0.15, -0.1) is 35.3 Å². The van der Waals surface area contributed by atoms with Crippen LogP contribution in [0.25, 0.3) is 66.1 Å². The molecule has 0 radical (unpaired) electrons. The van der Waals surface area contributed by atoms with Gasteiger partial charge in [0.05, 0.1) is 81.2 Å². The normalized spacial score (nSPS) is 21.0. The Balaban J connectivity index is 0.000000156. The van der Waals surface area contributed by atoms with Gasteiger partial charge >= 0.3 is 17.1 Å². The Labute approximate surface area is 723 Å². The third-order valence-corrected chi connectivity index (χ3v) is 26.9. The molecule has 120 heavy (non-hydrogen) atoms. The van der Waals surface area contributed by atoms with Crippen molar-refractivity contribution in [3.8, 4) is 33.4 Å². The molecular weight excluding hydrogens is 1690 g/mol.